The summed E-state index contributed by atoms with van der Waals surface area (Å²) in [4.78, 5) is 22.8. The molecule has 0 bridgehead atoms. The first-order valence-electron chi connectivity index (χ1n) is 20.8. The Labute approximate surface area is 323 Å². The molecule has 1 unspecified atom stereocenters. The number of carbonyl (C=O) groups excluding carboxylic acids is 1. The molecule has 52 heavy (non-hydrogen) atoms. The molecule has 1 N–H and O–H groups in total. The molecule has 1 saturated heterocycles. The van der Waals surface area contributed by atoms with Gasteiger partial charge in [-0.1, -0.05) is 132 Å². The molecule has 6 nitrogen and oxygen atoms in total. The highest BCUT2D eigenvalue weighted by molar-refractivity contribution is 5.94. The van der Waals surface area contributed by atoms with Gasteiger partial charge in [-0.25, -0.2) is 4.98 Å². The molecule has 2 heterocycles. The number of aryl methyl sites for hydroxylation is 1. The highest BCUT2D eigenvalue weighted by Gasteiger charge is 2.20. The summed E-state index contributed by atoms with van der Waals surface area (Å²) in [6, 6.07) is 16.5. The van der Waals surface area contributed by atoms with E-state index in [0.29, 0.717) is 12.5 Å². The smallest absolute Gasteiger partial charge is 0.254 e. The fraction of sp³-hybridized carbons (Fsp3) is 0.609. The van der Waals surface area contributed by atoms with Crippen LogP contribution in [-0.2, 0) is 19.6 Å². The minimum Gasteiger partial charge on any atom is -0.331 e. The molecule has 1 aliphatic heterocycles. The van der Waals surface area contributed by atoms with Crippen molar-refractivity contribution in [3.8, 4) is 0 Å². The van der Waals surface area contributed by atoms with Gasteiger partial charge in [0.2, 0.25) is 0 Å². The third-order valence-electron chi connectivity index (χ3n) is 7.63. The molecule has 1 atom stereocenters. The van der Waals surface area contributed by atoms with Gasteiger partial charge >= 0.3 is 0 Å². The van der Waals surface area contributed by atoms with Crippen molar-refractivity contribution in [2.45, 2.75) is 148 Å². The standard InChI is InChI=1S/C27H36N4O.C7H15N.C3H8.C3H6.3C2H6/c1-3-5-19-30(21-26-28-24-11-7-8-12-25(24)31(26)4-2)27(32)23-15-13-22(14-16-23)20-29-17-9-6-10-18-29;1-4-7(3)6-8-5-2;2*1-3-2;3*1-2/h7-8,11-16H,3-6,9-10,17-21H2,1-2H3;4,7-8H,1,5-6H2,2-3H3;3H2,1-2H3;3H,1H2,2H3;3*1-2H3. The van der Waals surface area contributed by atoms with E-state index in [9.17, 15) is 4.79 Å². The average molecular weight is 722 g/mol. The zero-order valence-electron chi connectivity index (χ0n) is 36.4. The number of nitrogens with zero attached hydrogens (tertiary/aromatic N) is 4. The zero-order chi connectivity index (χ0) is 40.2. The topological polar surface area (TPSA) is 53.4 Å². The number of hydrogen-bond acceptors (Lipinski definition) is 4. The SMILES string of the molecule is C=CC.C=CC(C)CNCC.CC.CC.CC.CCC.CCCCN(Cc1nc2ccccc2n1CC)C(=O)c1ccc(CN2CCCCC2)cc1. The van der Waals surface area contributed by atoms with Crippen molar-refractivity contribution in [1.82, 2.24) is 24.7 Å². The van der Waals surface area contributed by atoms with Crippen LogP contribution in [-0.4, -0.2) is 58.0 Å². The van der Waals surface area contributed by atoms with Gasteiger partial charge in [0, 0.05) is 31.7 Å². The Bertz CT molecular complexity index is 1230. The molecule has 4 rings (SSSR count). The van der Waals surface area contributed by atoms with Crippen molar-refractivity contribution in [1.29, 1.82) is 0 Å². The first kappa shape index (κ1) is 53.1. The number of piperidine rings is 1. The van der Waals surface area contributed by atoms with Gasteiger partial charge in [0.05, 0.1) is 17.6 Å². The van der Waals surface area contributed by atoms with E-state index in [1.165, 1.54) is 44.3 Å². The van der Waals surface area contributed by atoms with Crippen molar-refractivity contribution < 1.29 is 4.79 Å². The van der Waals surface area contributed by atoms with Crippen LogP contribution in [0, 0.1) is 5.92 Å². The molecule has 6 heteroatoms. The minimum absolute atomic E-state index is 0.0951. The summed E-state index contributed by atoms with van der Waals surface area (Å²) in [6.45, 7) is 41.3. The highest BCUT2D eigenvalue weighted by atomic mass is 16.2. The van der Waals surface area contributed by atoms with Gasteiger partial charge in [0.25, 0.3) is 5.91 Å². The van der Waals surface area contributed by atoms with Crippen molar-refractivity contribution >= 4 is 16.9 Å². The van der Waals surface area contributed by atoms with E-state index in [0.717, 1.165) is 68.0 Å². The van der Waals surface area contributed by atoms with Crippen LogP contribution in [0.4, 0.5) is 0 Å². The van der Waals surface area contributed by atoms with Crippen LogP contribution in [0.25, 0.3) is 11.0 Å². The molecule has 0 radical (unpaired) electrons. The number of likely N-dealkylation sites (tertiary alicyclic amines) is 1. The first-order chi connectivity index (χ1) is 25.3. The second kappa shape index (κ2) is 37.5. The van der Waals surface area contributed by atoms with E-state index in [-0.39, 0.29) is 5.91 Å². The maximum absolute atomic E-state index is 13.4. The number of amides is 1. The largest absolute Gasteiger partial charge is 0.331 e. The third kappa shape index (κ3) is 22.7. The molecule has 3 aromatic rings. The number of unbranched alkanes of at least 4 members (excludes halogenated alkanes) is 1. The summed E-state index contributed by atoms with van der Waals surface area (Å²) in [5, 5.41) is 3.23. The molecule has 1 aliphatic rings. The summed E-state index contributed by atoms with van der Waals surface area (Å²) in [7, 11) is 0. The maximum atomic E-state index is 13.4. The number of carbonyl (C=O) groups is 1. The quantitative estimate of drug-likeness (QED) is 0.179. The number of rotatable bonds is 13. The average Bonchev–Trinajstić information content (AvgIpc) is 3.56. The van der Waals surface area contributed by atoms with Crippen molar-refractivity contribution in [2.75, 3.05) is 32.7 Å². The zero-order valence-corrected chi connectivity index (χ0v) is 36.4. The van der Waals surface area contributed by atoms with E-state index in [2.05, 4.69) is 87.7 Å². The van der Waals surface area contributed by atoms with E-state index < -0.39 is 0 Å². The van der Waals surface area contributed by atoms with E-state index in [1.54, 1.807) is 6.08 Å². The minimum atomic E-state index is 0.0951. The van der Waals surface area contributed by atoms with Gasteiger partial charge in [-0.05, 0) is 88.5 Å². The molecular weight excluding hydrogens is 639 g/mol. The number of benzene rings is 2. The molecule has 298 valence electrons. The predicted molar refractivity (Wildman–Crippen MR) is 234 cm³/mol. The lowest BCUT2D eigenvalue weighted by Gasteiger charge is -2.26. The van der Waals surface area contributed by atoms with Gasteiger partial charge in [-0.2, -0.15) is 0 Å². The maximum Gasteiger partial charge on any atom is 0.254 e. The van der Waals surface area contributed by atoms with Crippen LogP contribution in [0.1, 0.15) is 150 Å². The van der Waals surface area contributed by atoms with Gasteiger partial charge in [-0.15, -0.1) is 13.2 Å². The number of aromatic nitrogens is 2. The first-order valence-corrected chi connectivity index (χ1v) is 20.8. The number of fused-ring (bicyclic) bond motifs is 1. The fourth-order valence-electron chi connectivity index (χ4n) is 5.14. The molecule has 1 amide bonds. The predicted octanol–water partition coefficient (Wildman–Crippen LogP) is 12.6. The molecule has 0 saturated carbocycles. The monoisotopic (exact) mass is 722 g/mol. The molecule has 2 aromatic carbocycles. The molecule has 0 spiro atoms. The fourth-order valence-corrected chi connectivity index (χ4v) is 5.14. The Morgan fingerprint density at radius 3 is 1.96 bits per heavy atom. The van der Waals surface area contributed by atoms with Crippen LogP contribution in [0.2, 0.25) is 0 Å². The van der Waals surface area contributed by atoms with E-state index >= 15 is 0 Å². The Morgan fingerprint density at radius 2 is 1.46 bits per heavy atom. The third-order valence-corrected chi connectivity index (χ3v) is 7.63. The van der Waals surface area contributed by atoms with Gasteiger partial charge in [0.15, 0.2) is 0 Å². The highest BCUT2D eigenvalue weighted by Crippen LogP contribution is 2.19. The molecule has 1 fully saturated rings. The number of allylic oxidation sites excluding steroid dienone is 1. The van der Waals surface area contributed by atoms with Crippen LogP contribution < -0.4 is 5.32 Å². The number of nitrogens with one attached hydrogen (secondary N) is 1. The second-order valence-electron chi connectivity index (χ2n) is 12.0. The Balaban J connectivity index is -0.00000100. The number of para-hydroxylation sites is 2. The number of hydrogen-bond donors (Lipinski definition) is 1. The summed E-state index contributed by atoms with van der Waals surface area (Å²) < 4.78 is 2.23. The molecular formula is C46H83N5O. The molecule has 1 aromatic heterocycles. The van der Waals surface area contributed by atoms with Gasteiger partial charge in [0.1, 0.15) is 5.82 Å². The summed E-state index contributed by atoms with van der Waals surface area (Å²) in [6.07, 6.45) is 11.0. The summed E-state index contributed by atoms with van der Waals surface area (Å²) in [5.41, 5.74) is 4.18. The Morgan fingerprint density at radius 1 is 0.904 bits per heavy atom. The van der Waals surface area contributed by atoms with Crippen LogP contribution in [0.5, 0.6) is 0 Å². The van der Waals surface area contributed by atoms with Gasteiger partial charge in [-0.3, -0.25) is 9.69 Å². The lowest BCUT2D eigenvalue weighted by molar-refractivity contribution is 0.0735. The lowest BCUT2D eigenvalue weighted by Crippen LogP contribution is -2.32. The lowest BCUT2D eigenvalue weighted by atomic mass is 10.1. The van der Waals surface area contributed by atoms with Crippen molar-refractivity contribution in [2.24, 2.45) is 5.92 Å². The van der Waals surface area contributed by atoms with Crippen LogP contribution >= 0.6 is 0 Å². The van der Waals surface area contributed by atoms with Crippen LogP contribution in [0.15, 0.2) is 73.8 Å². The second-order valence-corrected chi connectivity index (χ2v) is 12.0. The Kier molecular flexibility index (Phi) is 38.4. The van der Waals surface area contributed by atoms with Crippen molar-refractivity contribution in [3.63, 3.8) is 0 Å². The van der Waals surface area contributed by atoms with E-state index in [4.69, 9.17) is 4.98 Å². The van der Waals surface area contributed by atoms with E-state index in [1.807, 2.05) is 89.8 Å². The summed E-state index contributed by atoms with van der Waals surface area (Å²) >= 11 is 0. The normalized spacial score (nSPS) is 12.0. The van der Waals surface area contributed by atoms with Gasteiger partial charge < -0.3 is 14.8 Å². The summed E-state index contributed by atoms with van der Waals surface area (Å²) in [5.74, 6) is 1.66. The number of imidazole rings is 1. The Hall–Kier alpha value is -3.22. The van der Waals surface area contributed by atoms with Crippen LogP contribution in [0.3, 0.4) is 0 Å². The van der Waals surface area contributed by atoms with Crippen molar-refractivity contribution in [3.05, 3.63) is 90.8 Å². The molecule has 0 aliphatic carbocycles.